The zero-order valence-corrected chi connectivity index (χ0v) is 13.1. The number of ketones is 1. The van der Waals surface area contributed by atoms with Crippen LogP contribution in [0.25, 0.3) is 0 Å². The highest BCUT2D eigenvalue weighted by Gasteiger charge is 2.22. The fraction of sp³-hybridized carbons (Fsp3) is 0.235. The van der Waals surface area contributed by atoms with E-state index in [1.807, 2.05) is 31.2 Å². The molecule has 0 aliphatic heterocycles. The highest BCUT2D eigenvalue weighted by Crippen LogP contribution is 2.18. The maximum absolute atomic E-state index is 12.5. The van der Waals surface area contributed by atoms with Crippen molar-refractivity contribution in [2.45, 2.75) is 24.0 Å². The fourth-order valence-electron chi connectivity index (χ4n) is 1.96. The van der Waals surface area contributed by atoms with Crippen LogP contribution in [0, 0.1) is 6.92 Å². The summed E-state index contributed by atoms with van der Waals surface area (Å²) in [5, 5.41) is -0.582. The molecule has 110 valence electrons. The summed E-state index contributed by atoms with van der Waals surface area (Å²) in [4.78, 5) is 13.1. The molecule has 0 spiro atoms. The van der Waals surface area contributed by atoms with Gasteiger partial charge in [0.2, 0.25) is 0 Å². The van der Waals surface area contributed by atoms with Gasteiger partial charge in [-0.3, -0.25) is 9.00 Å². The van der Waals surface area contributed by atoms with Crippen molar-refractivity contribution in [3.8, 4) is 5.75 Å². The van der Waals surface area contributed by atoms with Gasteiger partial charge in [-0.2, -0.15) is 0 Å². The lowest BCUT2D eigenvalue weighted by Crippen LogP contribution is -2.22. The molecule has 0 saturated heterocycles. The molecule has 2 aromatic rings. The van der Waals surface area contributed by atoms with Crippen LogP contribution in [0.2, 0.25) is 0 Å². The third kappa shape index (κ3) is 3.58. The van der Waals surface area contributed by atoms with Gasteiger partial charge in [-0.25, -0.2) is 0 Å². The van der Waals surface area contributed by atoms with Crippen LogP contribution in [0.15, 0.2) is 53.4 Å². The number of hydrogen-bond acceptors (Lipinski definition) is 3. The first-order valence-corrected chi connectivity index (χ1v) is 7.89. The molecule has 4 heteroatoms. The lowest BCUT2D eigenvalue weighted by Gasteiger charge is -2.11. The molecule has 0 radical (unpaired) electrons. The standard InChI is InChI=1S/C17H18O3S/c1-12-4-10-16(11-5-12)21(19)13(2)17(18)14-6-8-15(20-3)9-7-14/h4-11,13H,1-3H3. The topological polar surface area (TPSA) is 43.4 Å². The molecule has 0 bridgehead atoms. The summed E-state index contributed by atoms with van der Waals surface area (Å²) in [5.74, 6) is 0.565. The van der Waals surface area contributed by atoms with E-state index in [0.29, 0.717) is 16.2 Å². The molecular weight excluding hydrogens is 284 g/mol. The summed E-state index contributed by atoms with van der Waals surface area (Å²) in [5.41, 5.74) is 1.65. The van der Waals surface area contributed by atoms with Crippen molar-refractivity contribution in [2.24, 2.45) is 0 Å². The largest absolute Gasteiger partial charge is 0.497 e. The molecule has 3 nitrogen and oxygen atoms in total. The molecule has 2 rings (SSSR count). The van der Waals surface area contributed by atoms with Crippen molar-refractivity contribution in [3.05, 3.63) is 59.7 Å². The van der Waals surface area contributed by atoms with Crippen LogP contribution < -0.4 is 4.74 Å². The van der Waals surface area contributed by atoms with Gasteiger partial charge in [-0.05, 0) is 50.2 Å². The van der Waals surface area contributed by atoms with Crippen LogP contribution in [-0.2, 0) is 10.8 Å². The van der Waals surface area contributed by atoms with Crippen LogP contribution in [0.1, 0.15) is 22.8 Å². The van der Waals surface area contributed by atoms with Crippen molar-refractivity contribution in [3.63, 3.8) is 0 Å². The van der Waals surface area contributed by atoms with E-state index in [2.05, 4.69) is 0 Å². The Hall–Kier alpha value is -1.94. The lowest BCUT2D eigenvalue weighted by atomic mass is 10.1. The van der Waals surface area contributed by atoms with Gasteiger partial charge in [0, 0.05) is 10.5 Å². The van der Waals surface area contributed by atoms with Gasteiger partial charge in [0.1, 0.15) is 5.75 Å². The van der Waals surface area contributed by atoms with E-state index in [-0.39, 0.29) is 5.78 Å². The Morgan fingerprint density at radius 1 is 1.05 bits per heavy atom. The quantitative estimate of drug-likeness (QED) is 0.795. The Morgan fingerprint density at radius 3 is 2.14 bits per heavy atom. The fourth-order valence-corrected chi connectivity index (χ4v) is 3.11. The average molecular weight is 302 g/mol. The molecular formula is C17H18O3S. The summed E-state index contributed by atoms with van der Waals surface area (Å²) in [6.45, 7) is 3.67. The monoisotopic (exact) mass is 302 g/mol. The number of methoxy groups -OCH3 is 1. The van der Waals surface area contributed by atoms with Crippen molar-refractivity contribution < 1.29 is 13.7 Å². The molecule has 0 saturated carbocycles. The van der Waals surface area contributed by atoms with E-state index in [1.54, 1.807) is 38.3 Å². The highest BCUT2D eigenvalue weighted by atomic mass is 32.2. The van der Waals surface area contributed by atoms with Gasteiger partial charge in [0.15, 0.2) is 5.78 Å². The average Bonchev–Trinajstić information content (AvgIpc) is 2.53. The molecule has 0 aliphatic rings. The van der Waals surface area contributed by atoms with Gasteiger partial charge in [-0.1, -0.05) is 17.7 Å². The molecule has 2 aromatic carbocycles. The lowest BCUT2D eigenvalue weighted by molar-refractivity contribution is 0.0992. The van der Waals surface area contributed by atoms with Crippen LogP contribution in [0.4, 0.5) is 0 Å². The maximum atomic E-state index is 12.5. The summed E-state index contributed by atoms with van der Waals surface area (Å²) < 4.78 is 17.5. The van der Waals surface area contributed by atoms with Crippen molar-refractivity contribution in [1.29, 1.82) is 0 Å². The summed E-state index contributed by atoms with van der Waals surface area (Å²) in [7, 11) is 0.220. The Morgan fingerprint density at radius 2 is 1.62 bits per heavy atom. The Labute approximate surface area is 127 Å². The number of benzene rings is 2. The third-order valence-electron chi connectivity index (χ3n) is 3.32. The minimum Gasteiger partial charge on any atom is -0.497 e. The minimum atomic E-state index is -1.35. The molecule has 2 atom stereocenters. The van der Waals surface area contributed by atoms with Gasteiger partial charge in [-0.15, -0.1) is 0 Å². The molecule has 0 aromatic heterocycles. The first-order chi connectivity index (χ1) is 10.0. The van der Waals surface area contributed by atoms with E-state index < -0.39 is 16.0 Å². The van der Waals surface area contributed by atoms with Gasteiger partial charge >= 0.3 is 0 Å². The van der Waals surface area contributed by atoms with E-state index in [4.69, 9.17) is 4.74 Å². The molecule has 0 aliphatic carbocycles. The first kappa shape index (κ1) is 15.4. The molecule has 2 unspecified atom stereocenters. The maximum Gasteiger partial charge on any atom is 0.178 e. The molecule has 0 amide bonds. The number of aryl methyl sites for hydroxylation is 1. The molecule has 0 heterocycles. The van der Waals surface area contributed by atoms with Crippen molar-refractivity contribution >= 4 is 16.6 Å². The third-order valence-corrected chi connectivity index (χ3v) is 4.91. The summed E-state index contributed by atoms with van der Waals surface area (Å²) in [6, 6.07) is 14.3. The second-order valence-corrected chi connectivity index (χ2v) is 6.62. The van der Waals surface area contributed by atoms with Gasteiger partial charge in [0.05, 0.1) is 23.2 Å². The number of Topliss-reactive ketones (excluding diaryl/α,β-unsaturated/α-hetero) is 1. The number of hydrogen-bond donors (Lipinski definition) is 0. The van der Waals surface area contributed by atoms with E-state index in [0.717, 1.165) is 5.56 Å². The highest BCUT2D eigenvalue weighted by molar-refractivity contribution is 7.86. The molecule has 0 fully saturated rings. The van der Waals surface area contributed by atoms with E-state index in [1.165, 1.54) is 0 Å². The van der Waals surface area contributed by atoms with Gasteiger partial charge in [0.25, 0.3) is 0 Å². The Bertz CT molecular complexity index is 645. The first-order valence-electron chi connectivity index (χ1n) is 6.68. The van der Waals surface area contributed by atoms with Crippen LogP contribution in [0.3, 0.4) is 0 Å². The SMILES string of the molecule is COc1ccc(C(=O)C(C)S(=O)c2ccc(C)cc2)cc1. The second-order valence-electron chi connectivity index (χ2n) is 4.85. The summed E-state index contributed by atoms with van der Waals surface area (Å²) in [6.07, 6.45) is 0. The summed E-state index contributed by atoms with van der Waals surface area (Å²) >= 11 is 0. The normalized spacial score (nSPS) is 13.5. The van der Waals surface area contributed by atoms with E-state index >= 15 is 0 Å². The van der Waals surface area contributed by atoms with Gasteiger partial charge < -0.3 is 4.74 Å². The molecule has 21 heavy (non-hydrogen) atoms. The minimum absolute atomic E-state index is 0.128. The zero-order chi connectivity index (χ0) is 15.4. The Kier molecular flexibility index (Phi) is 4.91. The predicted octanol–water partition coefficient (Wildman–Crippen LogP) is 3.38. The zero-order valence-electron chi connectivity index (χ0n) is 12.3. The van der Waals surface area contributed by atoms with Crippen LogP contribution in [0.5, 0.6) is 5.75 Å². The number of rotatable bonds is 5. The van der Waals surface area contributed by atoms with Crippen molar-refractivity contribution in [2.75, 3.05) is 7.11 Å². The smallest absolute Gasteiger partial charge is 0.178 e. The predicted molar refractivity (Wildman–Crippen MR) is 84.4 cm³/mol. The number of carbonyl (C=O) groups is 1. The van der Waals surface area contributed by atoms with Crippen LogP contribution in [-0.4, -0.2) is 22.4 Å². The Balaban J connectivity index is 2.17. The number of carbonyl (C=O) groups excluding carboxylic acids is 1. The van der Waals surface area contributed by atoms with Crippen molar-refractivity contribution in [1.82, 2.24) is 0 Å². The molecule has 0 N–H and O–H groups in total. The van der Waals surface area contributed by atoms with E-state index in [9.17, 15) is 9.00 Å². The second kappa shape index (κ2) is 6.68. The number of ether oxygens (including phenoxy) is 1. The van der Waals surface area contributed by atoms with Crippen LogP contribution >= 0.6 is 0 Å².